The molecule has 0 aliphatic heterocycles. The highest BCUT2D eigenvalue weighted by Gasteiger charge is 2.33. The Labute approximate surface area is 146 Å². The molecule has 9 heteroatoms. The minimum atomic E-state index is -4.87. The molecule has 0 spiro atoms. The van der Waals surface area contributed by atoms with Gasteiger partial charge in [0.1, 0.15) is 17.2 Å². The van der Waals surface area contributed by atoms with Crippen LogP contribution in [-0.4, -0.2) is 26.9 Å². The number of anilines is 2. The van der Waals surface area contributed by atoms with Crippen molar-refractivity contribution in [1.82, 2.24) is 0 Å². The van der Waals surface area contributed by atoms with E-state index in [4.69, 9.17) is 16.3 Å². The second-order valence-corrected chi connectivity index (χ2v) is 5.18. The van der Waals surface area contributed by atoms with E-state index in [1.54, 1.807) is 7.05 Å². The quantitative estimate of drug-likeness (QED) is 0.730. The average molecular weight is 375 g/mol. The molecule has 0 fully saturated rings. The van der Waals surface area contributed by atoms with Crippen molar-refractivity contribution in [3.8, 4) is 22.6 Å². The van der Waals surface area contributed by atoms with E-state index in [1.807, 2.05) is 0 Å². The van der Waals surface area contributed by atoms with Gasteiger partial charge in [0, 0.05) is 12.6 Å². The number of carbonyl (C=O) groups excluding carboxylic acids is 1. The van der Waals surface area contributed by atoms with Crippen molar-refractivity contribution in [3.05, 3.63) is 35.4 Å². The summed E-state index contributed by atoms with van der Waals surface area (Å²) in [6.45, 7) is 0. The number of nitrogens with one attached hydrogen (secondary N) is 2. The van der Waals surface area contributed by atoms with Crippen LogP contribution in [0.25, 0.3) is 11.1 Å². The summed E-state index contributed by atoms with van der Waals surface area (Å²) in [7, 11) is 2.96. The van der Waals surface area contributed by atoms with Crippen LogP contribution in [0.3, 0.4) is 0 Å². The van der Waals surface area contributed by atoms with Crippen LogP contribution in [0.1, 0.15) is 0 Å². The Morgan fingerprint density at radius 3 is 2.48 bits per heavy atom. The predicted octanol–water partition coefficient (Wildman–Crippen LogP) is 4.52. The minimum Gasteiger partial charge on any atom is -0.494 e. The van der Waals surface area contributed by atoms with Crippen LogP contribution in [0.4, 0.5) is 24.5 Å². The van der Waals surface area contributed by atoms with Gasteiger partial charge in [-0.3, -0.25) is 4.79 Å². The van der Waals surface area contributed by atoms with Gasteiger partial charge in [-0.2, -0.15) is 0 Å². The molecule has 1 amide bonds. The normalized spacial score (nSPS) is 11.0. The van der Waals surface area contributed by atoms with Crippen molar-refractivity contribution in [2.45, 2.75) is 6.36 Å². The Morgan fingerprint density at radius 2 is 1.92 bits per heavy atom. The van der Waals surface area contributed by atoms with Crippen molar-refractivity contribution in [2.75, 3.05) is 24.8 Å². The van der Waals surface area contributed by atoms with Crippen LogP contribution < -0.4 is 20.1 Å². The zero-order chi connectivity index (χ0) is 18.6. The van der Waals surface area contributed by atoms with Crippen molar-refractivity contribution in [3.63, 3.8) is 0 Å². The summed E-state index contributed by atoms with van der Waals surface area (Å²) in [6, 6.07) is 6.95. The van der Waals surface area contributed by atoms with Gasteiger partial charge < -0.3 is 20.1 Å². The lowest BCUT2D eigenvalue weighted by Gasteiger charge is -2.18. The zero-order valence-electron chi connectivity index (χ0n) is 13.2. The predicted molar refractivity (Wildman–Crippen MR) is 89.4 cm³/mol. The molecule has 0 heterocycles. The largest absolute Gasteiger partial charge is 0.573 e. The number of amides is 1. The fourth-order valence-corrected chi connectivity index (χ4v) is 2.59. The first-order valence-electron chi connectivity index (χ1n) is 6.95. The highest BCUT2D eigenvalue weighted by molar-refractivity contribution is 6.33. The zero-order valence-corrected chi connectivity index (χ0v) is 14.0. The van der Waals surface area contributed by atoms with Crippen LogP contribution in [0.5, 0.6) is 11.5 Å². The summed E-state index contributed by atoms with van der Waals surface area (Å²) >= 11 is 6.10. The standard InChI is InChI=1S/C16H14ClF3N2O3/c1-21-11-6-9(7-13(24-2)15(11)22-8-23)14-10(17)4-3-5-12(14)25-16(18,19)20/h3-8,21H,1-2H3,(H,22,23). The van der Waals surface area contributed by atoms with Crippen molar-refractivity contribution in [1.29, 1.82) is 0 Å². The Balaban J connectivity index is 2.68. The molecule has 0 saturated heterocycles. The van der Waals surface area contributed by atoms with Crippen LogP contribution in [0, 0.1) is 0 Å². The number of alkyl halides is 3. The van der Waals surface area contributed by atoms with E-state index in [-0.39, 0.29) is 16.3 Å². The van der Waals surface area contributed by atoms with E-state index in [0.717, 1.165) is 6.07 Å². The summed E-state index contributed by atoms with van der Waals surface area (Å²) in [6.07, 6.45) is -4.40. The van der Waals surface area contributed by atoms with E-state index >= 15 is 0 Å². The van der Waals surface area contributed by atoms with Gasteiger partial charge in [0.25, 0.3) is 0 Å². The summed E-state index contributed by atoms with van der Waals surface area (Å²) in [5, 5.41) is 5.40. The number of halogens is 4. The molecule has 134 valence electrons. The van der Waals surface area contributed by atoms with Gasteiger partial charge >= 0.3 is 6.36 Å². The molecule has 0 aromatic heterocycles. The van der Waals surface area contributed by atoms with Crippen molar-refractivity contribution in [2.24, 2.45) is 0 Å². The summed E-state index contributed by atoms with van der Waals surface area (Å²) < 4.78 is 47.3. The molecule has 0 aliphatic carbocycles. The molecule has 0 unspecified atom stereocenters. The second kappa shape index (κ2) is 7.52. The number of carbonyl (C=O) groups is 1. The van der Waals surface area contributed by atoms with Crippen molar-refractivity contribution < 1.29 is 27.4 Å². The first kappa shape index (κ1) is 18.7. The summed E-state index contributed by atoms with van der Waals surface area (Å²) in [4.78, 5) is 10.8. The third-order valence-corrected chi connectivity index (χ3v) is 3.60. The van der Waals surface area contributed by atoms with Gasteiger partial charge in [0.2, 0.25) is 6.41 Å². The van der Waals surface area contributed by atoms with Gasteiger partial charge in [-0.15, -0.1) is 13.2 Å². The molecule has 5 nitrogen and oxygen atoms in total. The Morgan fingerprint density at radius 1 is 1.20 bits per heavy atom. The molecule has 0 radical (unpaired) electrons. The highest BCUT2D eigenvalue weighted by atomic mass is 35.5. The molecule has 25 heavy (non-hydrogen) atoms. The van der Waals surface area contributed by atoms with E-state index in [2.05, 4.69) is 15.4 Å². The number of methoxy groups -OCH3 is 1. The molecule has 2 N–H and O–H groups in total. The Bertz CT molecular complexity index is 757. The molecule has 2 rings (SSSR count). The van der Waals surface area contributed by atoms with Gasteiger partial charge in [0.15, 0.2) is 0 Å². The number of benzene rings is 2. The molecule has 0 aliphatic rings. The van der Waals surface area contributed by atoms with Gasteiger partial charge in [-0.05, 0) is 29.8 Å². The van der Waals surface area contributed by atoms with Gasteiger partial charge in [-0.1, -0.05) is 17.7 Å². The van der Waals surface area contributed by atoms with Crippen LogP contribution >= 0.6 is 11.6 Å². The first-order valence-corrected chi connectivity index (χ1v) is 7.33. The maximum Gasteiger partial charge on any atom is 0.573 e. The minimum absolute atomic E-state index is 0.0499. The van der Waals surface area contributed by atoms with E-state index in [1.165, 1.54) is 31.4 Å². The van der Waals surface area contributed by atoms with Crippen LogP contribution in [0.2, 0.25) is 5.02 Å². The monoisotopic (exact) mass is 374 g/mol. The number of ether oxygens (including phenoxy) is 2. The molecule has 0 atom stereocenters. The molecule has 0 bridgehead atoms. The fraction of sp³-hybridized carbons (Fsp3) is 0.188. The lowest BCUT2D eigenvalue weighted by Crippen LogP contribution is -2.17. The smallest absolute Gasteiger partial charge is 0.494 e. The van der Waals surface area contributed by atoms with Crippen LogP contribution in [0.15, 0.2) is 30.3 Å². The van der Waals surface area contributed by atoms with Crippen LogP contribution in [-0.2, 0) is 4.79 Å². The average Bonchev–Trinajstić information content (AvgIpc) is 2.54. The molecular formula is C16H14ClF3N2O3. The lowest BCUT2D eigenvalue weighted by molar-refractivity contribution is -0.274. The Kier molecular flexibility index (Phi) is 5.63. The molecule has 0 saturated carbocycles. The van der Waals surface area contributed by atoms with E-state index in [9.17, 15) is 18.0 Å². The first-order chi connectivity index (χ1) is 11.8. The summed E-state index contributed by atoms with van der Waals surface area (Å²) in [5.74, 6) is -0.202. The third kappa shape index (κ3) is 4.27. The van der Waals surface area contributed by atoms with Crippen molar-refractivity contribution >= 4 is 29.4 Å². The van der Waals surface area contributed by atoms with E-state index in [0.29, 0.717) is 23.3 Å². The van der Waals surface area contributed by atoms with Gasteiger partial charge in [0.05, 0.1) is 17.8 Å². The number of hydrogen-bond donors (Lipinski definition) is 2. The maximum absolute atomic E-state index is 12.7. The maximum atomic E-state index is 12.7. The molecular weight excluding hydrogens is 361 g/mol. The SMILES string of the molecule is CNc1cc(-c2c(Cl)cccc2OC(F)(F)F)cc(OC)c1NC=O. The molecule has 2 aromatic rings. The highest BCUT2D eigenvalue weighted by Crippen LogP contribution is 2.44. The fourth-order valence-electron chi connectivity index (χ4n) is 2.32. The third-order valence-electron chi connectivity index (χ3n) is 3.28. The summed E-state index contributed by atoms with van der Waals surface area (Å²) in [5.41, 5.74) is 1.14. The lowest BCUT2D eigenvalue weighted by atomic mass is 10.0. The second-order valence-electron chi connectivity index (χ2n) is 4.77. The molecule has 2 aromatic carbocycles. The number of rotatable bonds is 6. The van der Waals surface area contributed by atoms with Gasteiger partial charge in [-0.25, -0.2) is 0 Å². The van der Waals surface area contributed by atoms with E-state index < -0.39 is 12.1 Å². The Hall–Kier alpha value is -2.61. The number of hydrogen-bond acceptors (Lipinski definition) is 4. The topological polar surface area (TPSA) is 59.6 Å².